The van der Waals surface area contributed by atoms with Gasteiger partial charge < -0.3 is 0 Å². The molecule has 8 heterocycles. The quantitative estimate of drug-likeness (QED) is 0.0632. The fraction of sp³-hybridized carbons (Fsp3) is 0.303. The second kappa shape index (κ2) is 29.8. The highest BCUT2D eigenvalue weighted by Crippen LogP contribution is 2.41. The number of thiophene rings is 6. The molecule has 0 unspecified atom stereocenters. The third kappa shape index (κ3) is 17.2. The number of aryl methyl sites for hydroxylation is 5. The minimum Gasteiger partial charge on any atom is -0.256 e. The molecule has 0 saturated carbocycles. The molecule has 0 saturated heterocycles. The molecular formula is C66H71BrN2S6. The highest BCUT2D eigenvalue weighted by atomic mass is 79.9. The van der Waals surface area contributed by atoms with Crippen LogP contribution in [0.4, 0.5) is 0 Å². The molecule has 8 aromatic heterocycles. The Labute approximate surface area is 480 Å². The maximum absolute atomic E-state index is 4.78. The first kappa shape index (κ1) is 56.6. The van der Waals surface area contributed by atoms with E-state index >= 15 is 0 Å². The zero-order valence-corrected chi connectivity index (χ0v) is 50.8. The van der Waals surface area contributed by atoms with Gasteiger partial charge in [0.1, 0.15) is 0 Å². The normalized spacial score (nSPS) is 11.1. The zero-order chi connectivity index (χ0) is 52.2. The molecule has 0 aliphatic heterocycles. The van der Waals surface area contributed by atoms with Gasteiger partial charge in [-0.1, -0.05) is 121 Å². The van der Waals surface area contributed by atoms with Gasteiger partial charge in [0.15, 0.2) is 0 Å². The topological polar surface area (TPSA) is 25.8 Å². The first-order valence-electron chi connectivity index (χ1n) is 27.0. The van der Waals surface area contributed by atoms with Crippen LogP contribution in [0.25, 0.3) is 72.7 Å². The molecule has 2 aromatic carbocycles. The lowest BCUT2D eigenvalue weighted by molar-refractivity contribution is 0.670. The van der Waals surface area contributed by atoms with Crippen molar-refractivity contribution in [2.45, 2.75) is 131 Å². The zero-order valence-electron chi connectivity index (χ0n) is 44.3. The number of nitrogens with zero attached hydrogens (tertiary/aromatic N) is 2. The van der Waals surface area contributed by atoms with Gasteiger partial charge in [-0.2, -0.15) is 0 Å². The summed E-state index contributed by atoms with van der Waals surface area (Å²) >= 11 is 15.0. The largest absolute Gasteiger partial charge is 0.256 e. The number of pyridine rings is 2. The Morgan fingerprint density at radius 3 is 1.23 bits per heavy atom. The van der Waals surface area contributed by atoms with Gasteiger partial charge in [0.05, 0.1) is 15.2 Å². The van der Waals surface area contributed by atoms with Crippen LogP contribution in [0.1, 0.15) is 124 Å². The second-order valence-corrected chi connectivity index (χ2v) is 27.4. The van der Waals surface area contributed by atoms with Crippen LogP contribution in [0.5, 0.6) is 0 Å². The predicted octanol–water partition coefficient (Wildman–Crippen LogP) is 23.6. The van der Waals surface area contributed by atoms with Crippen LogP contribution in [0.3, 0.4) is 0 Å². The minimum atomic E-state index is 1.02. The molecule has 0 atom stereocenters. The Morgan fingerprint density at radius 1 is 0.333 bits per heavy atom. The van der Waals surface area contributed by atoms with Crippen LogP contribution in [0, 0.1) is 13.8 Å². The van der Waals surface area contributed by atoms with Crippen molar-refractivity contribution in [1.82, 2.24) is 9.97 Å². The smallest absolute Gasteiger partial charge is 0.0708 e. The number of hydrogen-bond acceptors (Lipinski definition) is 8. The van der Waals surface area contributed by atoms with E-state index in [-0.39, 0.29) is 0 Å². The van der Waals surface area contributed by atoms with Gasteiger partial charge in [0, 0.05) is 77.2 Å². The SMILES string of the molecule is CCCCCCc1ccc(-c2ccc(-c3cccc(-c4cc(-c5ccc(-c6ccc(CCCCCC)s6)s5)ccn4)c3)s2)s1.CCCCCCc1ccc(-c2ccc(Br)s2)s1.Cc1cccc(-c2cc(C)ccn2)c1. The highest BCUT2D eigenvalue weighted by molar-refractivity contribution is 9.11. The van der Waals surface area contributed by atoms with Crippen molar-refractivity contribution in [2.75, 3.05) is 0 Å². The molecule has 0 N–H and O–H groups in total. The lowest BCUT2D eigenvalue weighted by atomic mass is 10.0. The van der Waals surface area contributed by atoms with E-state index in [9.17, 15) is 0 Å². The predicted molar refractivity (Wildman–Crippen MR) is 341 cm³/mol. The van der Waals surface area contributed by atoms with Crippen LogP contribution < -0.4 is 0 Å². The average molecular weight is 1160 g/mol. The number of rotatable bonds is 22. The Bertz CT molecular complexity index is 3090. The summed E-state index contributed by atoms with van der Waals surface area (Å²) < 4.78 is 1.21. The second-order valence-electron chi connectivity index (χ2n) is 19.3. The molecular weight excluding hydrogens is 1090 g/mol. The molecule has 388 valence electrons. The fourth-order valence-electron chi connectivity index (χ4n) is 8.88. The molecule has 2 nitrogen and oxygen atoms in total. The number of halogens is 1. The first-order valence-corrected chi connectivity index (χ1v) is 32.7. The van der Waals surface area contributed by atoms with Crippen LogP contribution in [0.2, 0.25) is 0 Å². The molecule has 0 aliphatic carbocycles. The van der Waals surface area contributed by atoms with E-state index < -0.39 is 0 Å². The Morgan fingerprint density at radius 2 is 0.733 bits per heavy atom. The number of unbranched alkanes of at least 4 members (excludes halogenated alkanes) is 9. The molecule has 10 aromatic rings. The third-order valence-electron chi connectivity index (χ3n) is 13.0. The Hall–Kier alpha value is -4.58. The minimum absolute atomic E-state index is 1.02. The summed E-state index contributed by atoms with van der Waals surface area (Å²) in [5.74, 6) is 0. The van der Waals surface area contributed by atoms with Crippen LogP contribution >= 0.6 is 84.0 Å². The van der Waals surface area contributed by atoms with Crippen molar-refractivity contribution in [3.63, 3.8) is 0 Å². The summed E-state index contributed by atoms with van der Waals surface area (Å²) in [4.78, 5) is 24.5. The molecule has 75 heavy (non-hydrogen) atoms. The van der Waals surface area contributed by atoms with E-state index in [0.717, 1.165) is 17.0 Å². The van der Waals surface area contributed by atoms with E-state index in [1.165, 1.54) is 182 Å². The van der Waals surface area contributed by atoms with Crippen molar-refractivity contribution >= 4 is 84.0 Å². The molecule has 10 rings (SSSR count). The van der Waals surface area contributed by atoms with Gasteiger partial charge in [-0.25, -0.2) is 0 Å². The van der Waals surface area contributed by atoms with Crippen LogP contribution in [-0.2, 0) is 19.3 Å². The fourth-order valence-corrected chi connectivity index (χ4v) is 15.7. The average Bonchev–Trinajstić information content (AvgIpc) is 4.31. The Balaban J connectivity index is 0.000000195. The monoisotopic (exact) mass is 1160 g/mol. The summed E-state index contributed by atoms with van der Waals surface area (Å²) in [7, 11) is 0. The van der Waals surface area contributed by atoms with E-state index in [1.54, 1.807) is 0 Å². The van der Waals surface area contributed by atoms with Crippen LogP contribution in [0.15, 0.2) is 162 Å². The van der Waals surface area contributed by atoms with Gasteiger partial charge >= 0.3 is 0 Å². The summed E-state index contributed by atoms with van der Waals surface area (Å²) in [5, 5.41) is 0. The van der Waals surface area contributed by atoms with Crippen molar-refractivity contribution in [3.8, 4) is 72.7 Å². The van der Waals surface area contributed by atoms with Gasteiger partial charge in [-0.3, -0.25) is 9.97 Å². The number of aromatic nitrogens is 2. The number of hydrogen-bond donors (Lipinski definition) is 0. The Kier molecular flexibility index (Phi) is 22.5. The van der Waals surface area contributed by atoms with Crippen molar-refractivity contribution in [1.29, 1.82) is 0 Å². The van der Waals surface area contributed by atoms with Crippen LogP contribution in [-0.4, -0.2) is 9.97 Å². The number of benzene rings is 2. The van der Waals surface area contributed by atoms with Gasteiger partial charge in [0.25, 0.3) is 0 Å². The summed E-state index contributed by atoms with van der Waals surface area (Å²) in [6.45, 7) is 11.0. The summed E-state index contributed by atoms with van der Waals surface area (Å²) in [5.41, 5.74) is 9.42. The third-order valence-corrected chi connectivity index (χ3v) is 21.0. The van der Waals surface area contributed by atoms with Gasteiger partial charge in [0.2, 0.25) is 0 Å². The summed E-state index contributed by atoms with van der Waals surface area (Å²) in [6.07, 6.45) is 23.4. The maximum Gasteiger partial charge on any atom is 0.0708 e. The van der Waals surface area contributed by atoms with Crippen molar-refractivity contribution < 1.29 is 0 Å². The van der Waals surface area contributed by atoms with Crippen molar-refractivity contribution in [3.05, 3.63) is 188 Å². The standard InChI is InChI=1S/C39H41NS4.C14H17BrS2.C13H13N/c1-3-5-7-9-14-31-16-18-36(41-31)38-22-20-34(43-38)29-13-11-12-28(26-29)33-27-30(24-25-40-33)35-21-23-39(44-35)37-19-17-32(42-37)15-10-8-6-4-2;1-2-3-4-5-6-11-7-8-12(16-11)13-9-10-14(15)17-13;1-10-4-3-5-12(8-10)13-9-11(2)6-7-14-13/h11-13,16-27H,3-10,14-15H2,1-2H3;7-10H,2-6H2,1H3;3-9H,1-2H3. The van der Waals surface area contributed by atoms with E-state index in [4.69, 9.17) is 4.98 Å². The van der Waals surface area contributed by atoms with E-state index in [0.29, 0.717) is 0 Å². The van der Waals surface area contributed by atoms with Gasteiger partial charge in [-0.15, -0.1) is 68.0 Å². The highest BCUT2D eigenvalue weighted by Gasteiger charge is 2.13. The van der Waals surface area contributed by atoms with E-state index in [1.807, 2.05) is 86.5 Å². The lowest BCUT2D eigenvalue weighted by Crippen LogP contribution is -1.85. The van der Waals surface area contributed by atoms with Crippen molar-refractivity contribution in [2.24, 2.45) is 0 Å². The first-order chi connectivity index (χ1) is 36.7. The van der Waals surface area contributed by atoms with Gasteiger partial charge in [-0.05, 0) is 194 Å². The molecule has 0 radical (unpaired) electrons. The molecule has 0 aliphatic rings. The molecule has 0 spiro atoms. The maximum atomic E-state index is 4.78. The lowest BCUT2D eigenvalue weighted by Gasteiger charge is -2.06. The molecule has 0 amide bonds. The molecule has 0 fully saturated rings. The summed E-state index contributed by atoms with van der Waals surface area (Å²) in [6, 6.07) is 53.0. The van der Waals surface area contributed by atoms with E-state index in [2.05, 4.69) is 195 Å². The molecule has 0 bridgehead atoms. The molecule has 9 heteroatoms.